The van der Waals surface area contributed by atoms with Crippen molar-refractivity contribution >= 4 is 15.9 Å². The van der Waals surface area contributed by atoms with E-state index >= 15 is 0 Å². The second kappa shape index (κ2) is 7.14. The highest BCUT2D eigenvalue weighted by atomic mass is 32.2. The van der Waals surface area contributed by atoms with Crippen LogP contribution in [0.4, 0.5) is 4.39 Å². The van der Waals surface area contributed by atoms with Gasteiger partial charge < -0.3 is 9.64 Å². The number of carbonyl (C=O) groups is 1. The number of amides is 1. The summed E-state index contributed by atoms with van der Waals surface area (Å²) in [5, 5.41) is 0. The van der Waals surface area contributed by atoms with Crippen molar-refractivity contribution in [2.24, 2.45) is 0 Å². The number of halogens is 1. The molecule has 5 rings (SSSR count). The molecule has 3 fully saturated rings. The lowest BCUT2D eigenvalue weighted by atomic mass is 9.93. The first kappa shape index (κ1) is 19.7. The van der Waals surface area contributed by atoms with Crippen molar-refractivity contribution in [1.29, 1.82) is 0 Å². The molecule has 2 saturated heterocycles. The zero-order valence-electron chi connectivity index (χ0n) is 16.4. The summed E-state index contributed by atoms with van der Waals surface area (Å²) in [6, 6.07) is 14.7. The number of ether oxygens (including phenoxy) is 1. The Balaban J connectivity index is 1.31. The largest absolute Gasteiger partial charge is 0.369 e. The van der Waals surface area contributed by atoms with E-state index in [1.54, 1.807) is 0 Å². The number of morpholine rings is 2. The molecule has 0 aromatic heterocycles. The number of hydrogen-bond acceptors (Lipinski definition) is 4. The Morgan fingerprint density at radius 3 is 2.10 bits per heavy atom. The van der Waals surface area contributed by atoms with Crippen molar-refractivity contribution in [3.05, 3.63) is 66.0 Å². The molecule has 0 radical (unpaired) electrons. The van der Waals surface area contributed by atoms with Crippen LogP contribution < -0.4 is 0 Å². The molecule has 2 bridgehead atoms. The van der Waals surface area contributed by atoms with Gasteiger partial charge in [0.05, 0.1) is 22.5 Å². The predicted molar refractivity (Wildman–Crippen MR) is 108 cm³/mol. The molecule has 2 aromatic carbocycles. The van der Waals surface area contributed by atoms with Crippen molar-refractivity contribution in [2.75, 3.05) is 26.2 Å². The van der Waals surface area contributed by atoms with Crippen LogP contribution >= 0.6 is 0 Å². The normalized spacial score (nSPS) is 25.7. The van der Waals surface area contributed by atoms with Gasteiger partial charge >= 0.3 is 0 Å². The highest BCUT2D eigenvalue weighted by Crippen LogP contribution is 2.50. The molecule has 2 atom stereocenters. The molecule has 0 spiro atoms. The summed E-state index contributed by atoms with van der Waals surface area (Å²) in [4.78, 5) is 15.3. The molecule has 1 saturated carbocycles. The Morgan fingerprint density at radius 2 is 1.53 bits per heavy atom. The van der Waals surface area contributed by atoms with E-state index in [9.17, 15) is 17.6 Å². The van der Waals surface area contributed by atoms with Crippen LogP contribution in [0.5, 0.6) is 0 Å². The monoisotopic (exact) mass is 430 g/mol. The van der Waals surface area contributed by atoms with E-state index < -0.39 is 21.3 Å². The average Bonchev–Trinajstić information content (AvgIpc) is 3.55. The van der Waals surface area contributed by atoms with Crippen molar-refractivity contribution in [1.82, 2.24) is 9.21 Å². The highest BCUT2D eigenvalue weighted by molar-refractivity contribution is 7.89. The van der Waals surface area contributed by atoms with Gasteiger partial charge in [-0.1, -0.05) is 30.3 Å². The molecular formula is C22H23FN2O4S. The molecule has 0 unspecified atom stereocenters. The third-order valence-electron chi connectivity index (χ3n) is 6.27. The van der Waals surface area contributed by atoms with Gasteiger partial charge in [0.15, 0.2) is 0 Å². The minimum atomic E-state index is -3.73. The molecular weight excluding hydrogens is 407 g/mol. The van der Waals surface area contributed by atoms with Crippen LogP contribution in [-0.4, -0.2) is 61.9 Å². The van der Waals surface area contributed by atoms with Crippen molar-refractivity contribution < 1.29 is 22.3 Å². The number of nitrogens with zero attached hydrogens (tertiary/aromatic N) is 2. The Labute approximate surface area is 175 Å². The molecule has 0 N–H and O–H groups in total. The van der Waals surface area contributed by atoms with Gasteiger partial charge in [-0.05, 0) is 42.7 Å². The SMILES string of the molecule is O=C(N1C[C@@H]2CN(S(=O)(=O)c3ccc(F)cc3)C[C@H](C1)O2)C1(c2ccccc2)CC1. The first-order chi connectivity index (χ1) is 14.4. The van der Waals surface area contributed by atoms with Crippen molar-refractivity contribution in [3.8, 4) is 0 Å². The molecule has 1 aliphatic carbocycles. The first-order valence-corrected chi connectivity index (χ1v) is 11.6. The van der Waals surface area contributed by atoms with Crippen LogP contribution in [0.1, 0.15) is 18.4 Å². The fourth-order valence-corrected chi connectivity index (χ4v) is 6.09. The van der Waals surface area contributed by atoms with Gasteiger partial charge in [-0.3, -0.25) is 4.79 Å². The van der Waals surface area contributed by atoms with Gasteiger partial charge in [0.2, 0.25) is 15.9 Å². The molecule has 2 aromatic rings. The van der Waals surface area contributed by atoms with Crippen LogP contribution in [0, 0.1) is 5.82 Å². The summed E-state index contributed by atoms with van der Waals surface area (Å²) in [7, 11) is -3.73. The number of fused-ring (bicyclic) bond motifs is 2. The van der Waals surface area contributed by atoms with E-state index in [1.807, 2.05) is 35.2 Å². The van der Waals surface area contributed by atoms with Gasteiger partial charge in [-0.2, -0.15) is 4.31 Å². The Bertz CT molecular complexity index is 1040. The van der Waals surface area contributed by atoms with E-state index in [2.05, 4.69) is 0 Å². The standard InChI is InChI=1S/C22H23FN2O4S/c23-17-6-8-20(9-7-17)30(27,28)25-14-18-12-24(13-19(15-25)29-18)21(26)22(10-11-22)16-4-2-1-3-5-16/h1-9,18-19H,10-15H2/t18-,19+. The average molecular weight is 431 g/mol. The number of rotatable bonds is 4. The zero-order valence-corrected chi connectivity index (χ0v) is 17.2. The summed E-state index contributed by atoms with van der Waals surface area (Å²) in [5.74, 6) is -0.365. The lowest BCUT2D eigenvalue weighted by Crippen LogP contribution is -2.62. The number of carbonyl (C=O) groups excluding carboxylic acids is 1. The summed E-state index contributed by atoms with van der Waals surface area (Å²) in [6.45, 7) is 1.11. The molecule has 8 heteroatoms. The predicted octanol–water partition coefficient (Wildman–Crippen LogP) is 2.16. The Morgan fingerprint density at radius 1 is 0.933 bits per heavy atom. The fourth-order valence-electron chi connectivity index (χ4n) is 4.58. The zero-order chi connectivity index (χ0) is 20.9. The molecule has 6 nitrogen and oxygen atoms in total. The molecule has 1 amide bonds. The minimum Gasteiger partial charge on any atom is -0.369 e. The smallest absolute Gasteiger partial charge is 0.243 e. The van der Waals surface area contributed by atoms with Crippen molar-refractivity contribution in [3.63, 3.8) is 0 Å². The fraction of sp³-hybridized carbons (Fsp3) is 0.409. The van der Waals surface area contributed by atoms with Gasteiger partial charge in [0.1, 0.15) is 5.82 Å². The van der Waals surface area contributed by atoms with E-state index in [0.29, 0.717) is 13.1 Å². The Kier molecular flexibility index (Phi) is 4.68. The maximum Gasteiger partial charge on any atom is 0.243 e. The molecule has 2 heterocycles. The van der Waals surface area contributed by atoms with E-state index in [1.165, 1.54) is 16.4 Å². The molecule has 30 heavy (non-hydrogen) atoms. The van der Waals surface area contributed by atoms with Gasteiger partial charge in [-0.25, -0.2) is 12.8 Å². The van der Waals surface area contributed by atoms with Gasteiger partial charge in [-0.15, -0.1) is 0 Å². The number of sulfonamides is 1. The van der Waals surface area contributed by atoms with Gasteiger partial charge in [0, 0.05) is 26.2 Å². The second-order valence-electron chi connectivity index (χ2n) is 8.31. The quantitative estimate of drug-likeness (QED) is 0.746. The maximum absolute atomic E-state index is 13.3. The van der Waals surface area contributed by atoms with Crippen LogP contribution in [0.25, 0.3) is 0 Å². The third-order valence-corrected chi connectivity index (χ3v) is 8.12. The summed E-state index contributed by atoms with van der Waals surface area (Å²) < 4.78 is 46.5. The summed E-state index contributed by atoms with van der Waals surface area (Å²) in [5.41, 5.74) is 0.611. The highest BCUT2D eigenvalue weighted by Gasteiger charge is 2.54. The Hall–Kier alpha value is -2.29. The van der Waals surface area contributed by atoms with Crippen LogP contribution in [-0.2, 0) is 25.0 Å². The van der Waals surface area contributed by atoms with Crippen molar-refractivity contribution in [2.45, 2.75) is 35.4 Å². The summed E-state index contributed by atoms with van der Waals surface area (Å²) >= 11 is 0. The molecule has 3 aliphatic rings. The van der Waals surface area contributed by atoms with E-state index in [0.717, 1.165) is 30.5 Å². The first-order valence-electron chi connectivity index (χ1n) is 10.1. The van der Waals surface area contributed by atoms with Gasteiger partial charge in [0.25, 0.3) is 0 Å². The molecule has 158 valence electrons. The third kappa shape index (κ3) is 3.33. The molecule has 2 aliphatic heterocycles. The minimum absolute atomic E-state index is 0.0674. The maximum atomic E-state index is 13.3. The second-order valence-corrected chi connectivity index (χ2v) is 10.3. The number of benzene rings is 2. The van der Waals surface area contributed by atoms with Crippen LogP contribution in [0.15, 0.2) is 59.5 Å². The van der Waals surface area contributed by atoms with Crippen LogP contribution in [0.2, 0.25) is 0 Å². The number of hydrogen-bond donors (Lipinski definition) is 0. The topological polar surface area (TPSA) is 66.9 Å². The van der Waals surface area contributed by atoms with E-state index in [4.69, 9.17) is 4.74 Å². The van der Waals surface area contributed by atoms with Crippen LogP contribution in [0.3, 0.4) is 0 Å². The summed E-state index contributed by atoms with van der Waals surface area (Å²) in [6.07, 6.45) is 0.938. The lowest BCUT2D eigenvalue weighted by molar-refractivity contribution is -0.156. The van der Waals surface area contributed by atoms with E-state index in [-0.39, 0.29) is 36.1 Å². The lowest BCUT2D eigenvalue weighted by Gasteiger charge is -2.46.